The molecule has 0 aliphatic carbocycles. The molecule has 0 saturated heterocycles. The lowest BCUT2D eigenvalue weighted by molar-refractivity contribution is 0.103. The van der Waals surface area contributed by atoms with Gasteiger partial charge in [0.2, 0.25) is 5.88 Å². The second-order valence-corrected chi connectivity index (χ2v) is 3.13. The number of pyridine rings is 2. The van der Waals surface area contributed by atoms with Gasteiger partial charge in [-0.2, -0.15) is 0 Å². The number of hydrogen-bond acceptors (Lipinski definition) is 4. The molecular weight excluding hydrogens is 204 g/mol. The van der Waals surface area contributed by atoms with Crippen LogP contribution in [0, 0.1) is 0 Å². The third-order valence-electron chi connectivity index (χ3n) is 2.15. The van der Waals surface area contributed by atoms with Crippen LogP contribution in [0.4, 0.5) is 0 Å². The van der Waals surface area contributed by atoms with E-state index in [-0.39, 0.29) is 5.78 Å². The summed E-state index contributed by atoms with van der Waals surface area (Å²) in [6.07, 6.45) is 4.74. The van der Waals surface area contributed by atoms with E-state index in [0.717, 1.165) is 0 Å². The Bertz CT molecular complexity index is 497. The summed E-state index contributed by atoms with van der Waals surface area (Å²) in [4.78, 5) is 19.9. The van der Waals surface area contributed by atoms with Crippen molar-refractivity contribution in [2.24, 2.45) is 0 Å². The second-order valence-electron chi connectivity index (χ2n) is 3.13. The molecule has 2 heterocycles. The van der Waals surface area contributed by atoms with E-state index in [1.165, 1.54) is 7.11 Å². The van der Waals surface area contributed by atoms with Gasteiger partial charge in [0.25, 0.3) is 0 Å². The standard InChI is InChI=1S/C12H10N2O2/c1-16-12-10(3-2-6-14-12)11(15)9-4-7-13-8-5-9/h2-8H,1H3. The number of aromatic nitrogens is 2. The molecule has 0 aromatic carbocycles. The van der Waals surface area contributed by atoms with Crippen LogP contribution in [0.5, 0.6) is 5.88 Å². The summed E-state index contributed by atoms with van der Waals surface area (Å²) in [5.74, 6) is 0.219. The van der Waals surface area contributed by atoms with E-state index in [0.29, 0.717) is 17.0 Å². The lowest BCUT2D eigenvalue weighted by Gasteiger charge is -2.05. The number of hydrogen-bond donors (Lipinski definition) is 0. The molecule has 0 radical (unpaired) electrons. The van der Waals surface area contributed by atoms with E-state index in [1.54, 1.807) is 42.9 Å². The average Bonchev–Trinajstić information content (AvgIpc) is 2.39. The Kier molecular flexibility index (Phi) is 2.91. The monoisotopic (exact) mass is 214 g/mol. The smallest absolute Gasteiger partial charge is 0.224 e. The minimum Gasteiger partial charge on any atom is -0.480 e. The van der Waals surface area contributed by atoms with Gasteiger partial charge in [-0.05, 0) is 24.3 Å². The van der Waals surface area contributed by atoms with Crippen molar-refractivity contribution < 1.29 is 9.53 Å². The van der Waals surface area contributed by atoms with Crippen molar-refractivity contribution in [3.05, 3.63) is 54.0 Å². The molecule has 0 fully saturated rings. The van der Waals surface area contributed by atoms with Crippen LogP contribution in [0.2, 0.25) is 0 Å². The Hall–Kier alpha value is -2.23. The number of rotatable bonds is 3. The molecule has 0 N–H and O–H groups in total. The molecule has 2 aromatic heterocycles. The van der Waals surface area contributed by atoms with Gasteiger partial charge in [0.15, 0.2) is 5.78 Å². The number of ketones is 1. The first-order chi connectivity index (χ1) is 7.83. The highest BCUT2D eigenvalue weighted by Gasteiger charge is 2.14. The second kappa shape index (κ2) is 4.53. The van der Waals surface area contributed by atoms with Gasteiger partial charge in [-0.3, -0.25) is 9.78 Å². The topological polar surface area (TPSA) is 52.1 Å². The van der Waals surface area contributed by atoms with Crippen molar-refractivity contribution in [2.75, 3.05) is 7.11 Å². The molecule has 0 amide bonds. The first kappa shape index (κ1) is 10.3. The highest BCUT2D eigenvalue weighted by atomic mass is 16.5. The van der Waals surface area contributed by atoms with Crippen LogP contribution in [-0.4, -0.2) is 22.9 Å². The molecule has 0 aliphatic rings. The maximum absolute atomic E-state index is 12.1. The molecule has 0 bridgehead atoms. The molecular formula is C12H10N2O2. The molecule has 0 aliphatic heterocycles. The molecule has 2 rings (SSSR count). The Morgan fingerprint density at radius 2 is 1.94 bits per heavy atom. The first-order valence-electron chi connectivity index (χ1n) is 4.76. The van der Waals surface area contributed by atoms with E-state index < -0.39 is 0 Å². The van der Waals surface area contributed by atoms with Crippen LogP contribution < -0.4 is 4.74 Å². The van der Waals surface area contributed by atoms with Crippen molar-refractivity contribution in [3.8, 4) is 5.88 Å². The Balaban J connectivity index is 2.42. The minimum atomic E-state index is -0.118. The fourth-order valence-corrected chi connectivity index (χ4v) is 1.39. The summed E-state index contributed by atoms with van der Waals surface area (Å²) in [6.45, 7) is 0. The van der Waals surface area contributed by atoms with Gasteiger partial charge >= 0.3 is 0 Å². The molecule has 0 unspecified atom stereocenters. The quantitative estimate of drug-likeness (QED) is 0.730. The Labute approximate surface area is 92.9 Å². The van der Waals surface area contributed by atoms with E-state index in [2.05, 4.69) is 9.97 Å². The van der Waals surface area contributed by atoms with Gasteiger partial charge in [0.1, 0.15) is 0 Å². The maximum atomic E-state index is 12.1. The summed E-state index contributed by atoms with van der Waals surface area (Å²) in [5.41, 5.74) is 1.03. The average molecular weight is 214 g/mol. The highest BCUT2D eigenvalue weighted by molar-refractivity contribution is 6.10. The summed E-state index contributed by atoms with van der Waals surface area (Å²) in [5, 5.41) is 0. The molecule has 0 spiro atoms. The van der Waals surface area contributed by atoms with Gasteiger partial charge in [0.05, 0.1) is 12.7 Å². The lowest BCUT2D eigenvalue weighted by atomic mass is 10.1. The third-order valence-corrected chi connectivity index (χ3v) is 2.15. The van der Waals surface area contributed by atoms with Crippen LogP contribution in [0.1, 0.15) is 15.9 Å². The number of carbonyl (C=O) groups excluding carboxylic acids is 1. The molecule has 4 heteroatoms. The number of ether oxygens (including phenoxy) is 1. The van der Waals surface area contributed by atoms with Crippen LogP contribution in [0.25, 0.3) is 0 Å². The molecule has 0 atom stereocenters. The SMILES string of the molecule is COc1ncccc1C(=O)c1ccncc1. The fraction of sp³-hybridized carbons (Fsp3) is 0.0833. The van der Waals surface area contributed by atoms with E-state index in [1.807, 2.05) is 0 Å². The Morgan fingerprint density at radius 3 is 2.62 bits per heavy atom. The zero-order chi connectivity index (χ0) is 11.4. The zero-order valence-corrected chi connectivity index (χ0v) is 8.75. The van der Waals surface area contributed by atoms with Crippen molar-refractivity contribution in [2.45, 2.75) is 0 Å². The van der Waals surface area contributed by atoms with Crippen molar-refractivity contribution in [1.29, 1.82) is 0 Å². The van der Waals surface area contributed by atoms with E-state index in [9.17, 15) is 4.79 Å². The van der Waals surface area contributed by atoms with E-state index in [4.69, 9.17) is 4.74 Å². The minimum absolute atomic E-state index is 0.118. The summed E-state index contributed by atoms with van der Waals surface area (Å²) in [6, 6.07) is 6.72. The van der Waals surface area contributed by atoms with Crippen LogP contribution in [0.15, 0.2) is 42.9 Å². The highest BCUT2D eigenvalue weighted by Crippen LogP contribution is 2.17. The predicted octanol–water partition coefficient (Wildman–Crippen LogP) is 1.72. The predicted molar refractivity (Wildman–Crippen MR) is 58.5 cm³/mol. The number of nitrogens with zero attached hydrogens (tertiary/aromatic N) is 2. The van der Waals surface area contributed by atoms with Crippen molar-refractivity contribution in [1.82, 2.24) is 9.97 Å². The summed E-state index contributed by atoms with van der Waals surface area (Å²) < 4.78 is 5.04. The Morgan fingerprint density at radius 1 is 1.19 bits per heavy atom. The van der Waals surface area contributed by atoms with Crippen LogP contribution in [0.3, 0.4) is 0 Å². The molecule has 4 nitrogen and oxygen atoms in total. The lowest BCUT2D eigenvalue weighted by Crippen LogP contribution is -2.04. The number of carbonyl (C=O) groups is 1. The normalized spacial score (nSPS) is 9.81. The van der Waals surface area contributed by atoms with Gasteiger partial charge in [-0.15, -0.1) is 0 Å². The van der Waals surface area contributed by atoms with E-state index >= 15 is 0 Å². The summed E-state index contributed by atoms with van der Waals surface area (Å²) in [7, 11) is 1.49. The van der Waals surface area contributed by atoms with Crippen molar-refractivity contribution >= 4 is 5.78 Å². The molecule has 2 aromatic rings. The molecule has 16 heavy (non-hydrogen) atoms. The number of methoxy groups -OCH3 is 1. The molecule has 0 saturated carbocycles. The summed E-state index contributed by atoms with van der Waals surface area (Å²) >= 11 is 0. The third kappa shape index (κ3) is 1.91. The van der Waals surface area contributed by atoms with Crippen molar-refractivity contribution in [3.63, 3.8) is 0 Å². The van der Waals surface area contributed by atoms with Crippen LogP contribution in [-0.2, 0) is 0 Å². The van der Waals surface area contributed by atoms with Gasteiger partial charge < -0.3 is 4.74 Å². The van der Waals surface area contributed by atoms with Gasteiger partial charge in [0, 0.05) is 24.2 Å². The van der Waals surface area contributed by atoms with Gasteiger partial charge in [-0.25, -0.2) is 4.98 Å². The maximum Gasteiger partial charge on any atom is 0.224 e. The largest absolute Gasteiger partial charge is 0.480 e. The first-order valence-corrected chi connectivity index (χ1v) is 4.76. The van der Waals surface area contributed by atoms with Crippen LogP contribution >= 0.6 is 0 Å². The molecule has 80 valence electrons. The zero-order valence-electron chi connectivity index (χ0n) is 8.75. The fourth-order valence-electron chi connectivity index (χ4n) is 1.39. The van der Waals surface area contributed by atoms with Gasteiger partial charge in [-0.1, -0.05) is 0 Å².